The summed E-state index contributed by atoms with van der Waals surface area (Å²) in [6.45, 7) is 4.63. The molecule has 7 heteroatoms. The minimum absolute atomic E-state index is 0.0598. The normalized spacial score (nSPS) is 13.1. The summed E-state index contributed by atoms with van der Waals surface area (Å²) < 4.78 is 1.64. The zero-order valence-corrected chi connectivity index (χ0v) is 18.4. The van der Waals surface area contributed by atoms with Crippen molar-refractivity contribution in [1.29, 1.82) is 0 Å². The smallest absolute Gasteiger partial charge is 0.256 e. The summed E-state index contributed by atoms with van der Waals surface area (Å²) in [7, 11) is 0. The molecule has 0 aliphatic heterocycles. The van der Waals surface area contributed by atoms with E-state index in [0.29, 0.717) is 29.5 Å². The van der Waals surface area contributed by atoms with Crippen LogP contribution in [-0.4, -0.2) is 21.6 Å². The number of hydrogen-bond acceptors (Lipinski definition) is 3. The third-order valence-corrected chi connectivity index (χ3v) is 5.73. The van der Waals surface area contributed by atoms with Crippen LogP contribution in [-0.2, 0) is 17.9 Å². The van der Waals surface area contributed by atoms with Gasteiger partial charge in [0.25, 0.3) is 5.91 Å². The highest BCUT2D eigenvalue weighted by Gasteiger charge is 2.29. The van der Waals surface area contributed by atoms with E-state index in [4.69, 9.17) is 11.6 Å². The summed E-state index contributed by atoms with van der Waals surface area (Å²) in [4.78, 5) is 24.8. The van der Waals surface area contributed by atoms with E-state index >= 15 is 0 Å². The summed E-state index contributed by atoms with van der Waals surface area (Å²) in [5.74, 6) is -0.0698. The molecule has 1 heterocycles. The first-order chi connectivity index (χ1) is 14.9. The molecule has 1 aromatic heterocycles. The molecule has 6 nitrogen and oxygen atoms in total. The molecule has 3 aromatic rings. The van der Waals surface area contributed by atoms with E-state index in [1.165, 1.54) is 5.56 Å². The predicted octanol–water partition coefficient (Wildman–Crippen LogP) is 4.48. The summed E-state index contributed by atoms with van der Waals surface area (Å²) >= 11 is 6.50. The highest BCUT2D eigenvalue weighted by Crippen LogP contribution is 2.30. The van der Waals surface area contributed by atoms with Gasteiger partial charge in [-0.3, -0.25) is 9.59 Å². The largest absolute Gasteiger partial charge is 0.348 e. The molecule has 1 saturated carbocycles. The molecule has 2 aromatic carbocycles. The number of hydrogen-bond donors (Lipinski definition) is 2. The number of nitrogens with one attached hydrogen (secondary N) is 2. The lowest BCUT2D eigenvalue weighted by atomic mass is 10.1. The van der Waals surface area contributed by atoms with Crippen LogP contribution in [0, 0.1) is 19.8 Å². The van der Waals surface area contributed by atoms with Gasteiger partial charge in [0.05, 0.1) is 17.8 Å². The van der Waals surface area contributed by atoms with Gasteiger partial charge in [0.15, 0.2) is 0 Å². The number of aryl methyl sites for hydroxylation is 2. The third kappa shape index (κ3) is 5.14. The summed E-state index contributed by atoms with van der Waals surface area (Å²) in [6, 6.07) is 15.6. The van der Waals surface area contributed by atoms with Crippen LogP contribution in [0.15, 0.2) is 48.5 Å². The van der Waals surface area contributed by atoms with E-state index in [0.717, 1.165) is 29.7 Å². The van der Waals surface area contributed by atoms with Crippen LogP contribution in [0.5, 0.6) is 0 Å². The van der Waals surface area contributed by atoms with Crippen LogP contribution in [0.3, 0.4) is 0 Å². The standard InChI is InChI=1S/C24H25ClN4O2/c1-15-6-8-17(9-7-15)14-29-22(25)21(16(2)28-29)24(31)26-13-18-4-3-5-20(12-18)27-23(30)19-10-11-19/h3-9,12,19H,10-11,13-14H2,1-2H3,(H,26,31)(H,27,30). The second-order valence-corrected chi connectivity index (χ2v) is 8.40. The van der Waals surface area contributed by atoms with Gasteiger partial charge < -0.3 is 10.6 Å². The van der Waals surface area contributed by atoms with Crippen molar-refractivity contribution in [2.75, 3.05) is 5.32 Å². The molecule has 0 spiro atoms. The highest BCUT2D eigenvalue weighted by molar-refractivity contribution is 6.33. The minimum Gasteiger partial charge on any atom is -0.348 e. The van der Waals surface area contributed by atoms with Crippen LogP contribution in [0.1, 0.15) is 45.6 Å². The van der Waals surface area contributed by atoms with Crippen LogP contribution in [0.25, 0.3) is 0 Å². The first-order valence-electron chi connectivity index (χ1n) is 10.4. The summed E-state index contributed by atoms with van der Waals surface area (Å²) in [5, 5.41) is 10.6. The van der Waals surface area contributed by atoms with Crippen molar-refractivity contribution >= 4 is 29.1 Å². The van der Waals surface area contributed by atoms with Crippen molar-refractivity contribution in [2.45, 2.75) is 39.8 Å². The molecule has 0 bridgehead atoms. The second kappa shape index (κ2) is 8.94. The van der Waals surface area contributed by atoms with E-state index in [1.54, 1.807) is 11.6 Å². The zero-order chi connectivity index (χ0) is 22.0. The first-order valence-corrected chi connectivity index (χ1v) is 10.7. The Hall–Kier alpha value is -3.12. The van der Waals surface area contributed by atoms with Crippen molar-refractivity contribution in [3.8, 4) is 0 Å². The van der Waals surface area contributed by atoms with Crippen molar-refractivity contribution in [3.05, 3.63) is 81.6 Å². The van der Waals surface area contributed by atoms with Gasteiger partial charge in [-0.2, -0.15) is 5.10 Å². The quantitative estimate of drug-likeness (QED) is 0.573. The first kappa shape index (κ1) is 21.1. The molecule has 160 valence electrons. The Morgan fingerprint density at radius 2 is 1.84 bits per heavy atom. The molecular formula is C24H25ClN4O2. The van der Waals surface area contributed by atoms with E-state index in [9.17, 15) is 9.59 Å². The summed E-state index contributed by atoms with van der Waals surface area (Å²) in [5.41, 5.74) is 4.84. The van der Waals surface area contributed by atoms with Gasteiger partial charge in [0, 0.05) is 18.2 Å². The lowest BCUT2D eigenvalue weighted by Gasteiger charge is -2.09. The number of halogens is 1. The number of carbonyl (C=O) groups excluding carboxylic acids is 2. The lowest BCUT2D eigenvalue weighted by Crippen LogP contribution is -2.23. The number of amides is 2. The number of rotatable bonds is 7. The highest BCUT2D eigenvalue weighted by atomic mass is 35.5. The van der Waals surface area contributed by atoms with E-state index in [2.05, 4.69) is 15.7 Å². The predicted molar refractivity (Wildman–Crippen MR) is 121 cm³/mol. The molecule has 1 fully saturated rings. The van der Waals surface area contributed by atoms with Crippen molar-refractivity contribution in [1.82, 2.24) is 15.1 Å². The molecule has 0 saturated heterocycles. The van der Waals surface area contributed by atoms with Crippen molar-refractivity contribution in [3.63, 3.8) is 0 Å². The fourth-order valence-corrected chi connectivity index (χ4v) is 3.72. The van der Waals surface area contributed by atoms with Crippen LogP contribution >= 0.6 is 11.6 Å². The number of aromatic nitrogens is 2. The molecule has 0 unspecified atom stereocenters. The van der Waals surface area contributed by atoms with Gasteiger partial charge in [-0.15, -0.1) is 0 Å². The minimum atomic E-state index is -0.273. The lowest BCUT2D eigenvalue weighted by molar-refractivity contribution is -0.117. The molecular weight excluding hydrogens is 412 g/mol. The van der Waals surface area contributed by atoms with Gasteiger partial charge in [0.2, 0.25) is 5.91 Å². The molecule has 2 N–H and O–H groups in total. The average molecular weight is 437 g/mol. The molecule has 4 rings (SSSR count). The zero-order valence-electron chi connectivity index (χ0n) is 17.6. The number of benzene rings is 2. The van der Waals surface area contributed by atoms with Crippen LogP contribution < -0.4 is 10.6 Å². The second-order valence-electron chi connectivity index (χ2n) is 8.04. The van der Waals surface area contributed by atoms with Crippen LogP contribution in [0.4, 0.5) is 5.69 Å². The van der Waals surface area contributed by atoms with Gasteiger partial charge in [0.1, 0.15) is 5.15 Å². The van der Waals surface area contributed by atoms with Gasteiger partial charge >= 0.3 is 0 Å². The maximum absolute atomic E-state index is 12.8. The molecule has 0 atom stereocenters. The molecule has 0 radical (unpaired) electrons. The van der Waals surface area contributed by atoms with E-state index < -0.39 is 0 Å². The molecule has 2 amide bonds. The van der Waals surface area contributed by atoms with Gasteiger partial charge in [-0.05, 0) is 49.9 Å². The Morgan fingerprint density at radius 1 is 1.10 bits per heavy atom. The fourth-order valence-electron chi connectivity index (χ4n) is 3.40. The monoisotopic (exact) mass is 436 g/mol. The van der Waals surface area contributed by atoms with Crippen molar-refractivity contribution < 1.29 is 9.59 Å². The number of nitrogens with zero attached hydrogens (tertiary/aromatic N) is 2. The number of anilines is 1. The number of carbonyl (C=O) groups is 2. The molecule has 31 heavy (non-hydrogen) atoms. The molecule has 1 aliphatic rings. The summed E-state index contributed by atoms with van der Waals surface area (Å²) in [6.07, 6.45) is 1.92. The topological polar surface area (TPSA) is 76.0 Å². The fraction of sp³-hybridized carbons (Fsp3) is 0.292. The van der Waals surface area contributed by atoms with Gasteiger partial charge in [-0.1, -0.05) is 53.6 Å². The Labute approximate surface area is 186 Å². The van der Waals surface area contributed by atoms with Crippen molar-refractivity contribution in [2.24, 2.45) is 5.92 Å². The third-order valence-electron chi connectivity index (χ3n) is 5.34. The maximum Gasteiger partial charge on any atom is 0.256 e. The SMILES string of the molecule is Cc1ccc(Cn2nc(C)c(C(=O)NCc3cccc(NC(=O)C4CC4)c3)c2Cl)cc1. The Kier molecular flexibility index (Phi) is 6.09. The Bertz CT molecular complexity index is 1120. The van der Waals surface area contributed by atoms with E-state index in [1.807, 2.05) is 55.5 Å². The maximum atomic E-state index is 12.8. The van der Waals surface area contributed by atoms with Gasteiger partial charge in [-0.25, -0.2) is 4.68 Å². The average Bonchev–Trinajstić information content (AvgIpc) is 3.55. The van der Waals surface area contributed by atoms with Crippen LogP contribution in [0.2, 0.25) is 5.15 Å². The molecule has 1 aliphatic carbocycles. The Morgan fingerprint density at radius 3 is 2.55 bits per heavy atom. The Balaban J connectivity index is 1.41. The van der Waals surface area contributed by atoms with E-state index in [-0.39, 0.29) is 17.7 Å².